The van der Waals surface area contributed by atoms with Crippen molar-refractivity contribution in [3.63, 3.8) is 0 Å². The minimum atomic E-state index is -0.427. The van der Waals surface area contributed by atoms with E-state index in [0.717, 1.165) is 16.9 Å². The number of fused-ring (bicyclic) bond motifs is 2. The topological polar surface area (TPSA) is 63.5 Å². The number of pyridine rings is 1. The molecule has 0 aliphatic carbocycles. The molecule has 0 radical (unpaired) electrons. The molecule has 0 aliphatic rings. The van der Waals surface area contributed by atoms with Crippen LogP contribution < -0.4 is 10.9 Å². The Kier molecular flexibility index (Phi) is 3.58. The van der Waals surface area contributed by atoms with Crippen LogP contribution in [0, 0.1) is 12.7 Å². The minimum Gasteiger partial charge on any atom is -0.321 e. The summed E-state index contributed by atoms with van der Waals surface area (Å²) in [5.41, 5.74) is 1.45. The molecule has 4 rings (SSSR count). The highest BCUT2D eigenvalue weighted by atomic mass is 32.1. The molecular weight excluding hydrogens is 341 g/mol. The number of thiophene rings is 1. The molecule has 0 atom stereocenters. The molecule has 5 nitrogen and oxygen atoms in total. The molecule has 25 heavy (non-hydrogen) atoms. The zero-order valence-electron chi connectivity index (χ0n) is 13.1. The van der Waals surface area contributed by atoms with E-state index < -0.39 is 11.7 Å². The molecule has 1 aromatic carbocycles. The average Bonchev–Trinajstić information content (AvgIpc) is 3.03. The van der Waals surface area contributed by atoms with Gasteiger partial charge < -0.3 is 5.32 Å². The molecule has 0 aliphatic heterocycles. The third-order valence-electron chi connectivity index (χ3n) is 3.89. The number of aromatic nitrogens is 2. The summed E-state index contributed by atoms with van der Waals surface area (Å²) in [4.78, 5) is 30.3. The molecule has 0 spiro atoms. The van der Waals surface area contributed by atoms with Crippen molar-refractivity contribution in [2.45, 2.75) is 6.92 Å². The maximum absolute atomic E-state index is 13.4. The summed E-state index contributed by atoms with van der Waals surface area (Å²) in [7, 11) is 0. The Bertz CT molecular complexity index is 1200. The summed E-state index contributed by atoms with van der Waals surface area (Å²) < 4.78 is 14.8. The van der Waals surface area contributed by atoms with Crippen molar-refractivity contribution in [3.05, 3.63) is 75.3 Å². The number of rotatable bonds is 2. The zero-order chi connectivity index (χ0) is 17.6. The number of nitrogens with zero attached hydrogens (tertiary/aromatic N) is 2. The van der Waals surface area contributed by atoms with Crippen molar-refractivity contribution < 1.29 is 9.18 Å². The van der Waals surface area contributed by atoms with Crippen LogP contribution in [0.15, 0.2) is 53.5 Å². The van der Waals surface area contributed by atoms with Crippen molar-refractivity contribution in [3.8, 4) is 0 Å². The van der Waals surface area contributed by atoms with Gasteiger partial charge in [0.05, 0.1) is 10.3 Å². The lowest BCUT2D eigenvalue weighted by molar-refractivity contribution is 0.103. The zero-order valence-corrected chi connectivity index (χ0v) is 13.9. The quantitative estimate of drug-likeness (QED) is 0.599. The van der Waals surface area contributed by atoms with E-state index in [0.29, 0.717) is 26.4 Å². The van der Waals surface area contributed by atoms with Crippen LogP contribution in [-0.2, 0) is 0 Å². The number of carbonyl (C=O) groups is 1. The number of anilines is 1. The fraction of sp³-hybridized carbons (Fsp3) is 0.0556. The lowest BCUT2D eigenvalue weighted by Gasteiger charge is -2.06. The van der Waals surface area contributed by atoms with Gasteiger partial charge in [-0.2, -0.15) is 0 Å². The van der Waals surface area contributed by atoms with Crippen molar-refractivity contribution in [2.24, 2.45) is 0 Å². The summed E-state index contributed by atoms with van der Waals surface area (Å²) >= 11 is 1.13. The molecule has 3 heterocycles. The molecule has 0 saturated carbocycles. The third kappa shape index (κ3) is 2.68. The van der Waals surface area contributed by atoms with E-state index in [1.54, 1.807) is 37.4 Å². The van der Waals surface area contributed by atoms with Crippen LogP contribution >= 0.6 is 11.3 Å². The van der Waals surface area contributed by atoms with Gasteiger partial charge >= 0.3 is 0 Å². The summed E-state index contributed by atoms with van der Waals surface area (Å²) in [6, 6.07) is 11.0. The van der Waals surface area contributed by atoms with Crippen LogP contribution in [0.4, 0.5) is 10.1 Å². The molecule has 1 amide bonds. The Hall–Kier alpha value is -3.06. The summed E-state index contributed by atoms with van der Waals surface area (Å²) in [6.07, 6.45) is 1.64. The van der Waals surface area contributed by atoms with Gasteiger partial charge in [-0.15, -0.1) is 11.3 Å². The predicted octanol–water partition coefficient (Wildman–Crippen LogP) is 3.61. The van der Waals surface area contributed by atoms with Crippen LogP contribution in [-0.4, -0.2) is 15.3 Å². The van der Waals surface area contributed by atoms with E-state index in [1.807, 2.05) is 0 Å². The second kappa shape index (κ2) is 5.78. The van der Waals surface area contributed by atoms with Crippen molar-refractivity contribution in [1.82, 2.24) is 9.38 Å². The van der Waals surface area contributed by atoms with Crippen molar-refractivity contribution >= 4 is 38.8 Å². The van der Waals surface area contributed by atoms with E-state index in [-0.39, 0.29) is 5.56 Å². The smallest absolute Gasteiger partial charge is 0.266 e. The standard InChI is InChI=1S/C18H12FN3O2S/c1-10-5-6-11(19)8-13(10)20-16(23)14-9-12-17(25-14)21-15-4-2-3-7-22(15)18(12)24/h2-9H,1H3,(H,20,23). The number of hydrogen-bond acceptors (Lipinski definition) is 4. The van der Waals surface area contributed by atoms with Gasteiger partial charge in [0, 0.05) is 11.9 Å². The highest BCUT2D eigenvalue weighted by Crippen LogP contribution is 2.24. The summed E-state index contributed by atoms with van der Waals surface area (Å²) in [5.74, 6) is -0.825. The van der Waals surface area contributed by atoms with Crippen molar-refractivity contribution in [1.29, 1.82) is 0 Å². The van der Waals surface area contributed by atoms with Gasteiger partial charge in [0.25, 0.3) is 11.5 Å². The Balaban J connectivity index is 1.77. The van der Waals surface area contributed by atoms with Gasteiger partial charge in [-0.1, -0.05) is 12.1 Å². The molecule has 0 bridgehead atoms. The molecule has 1 N–H and O–H groups in total. The first-order chi connectivity index (χ1) is 12.0. The highest BCUT2D eigenvalue weighted by Gasteiger charge is 2.15. The number of carbonyl (C=O) groups excluding carboxylic acids is 1. The molecular formula is C18H12FN3O2S. The Morgan fingerprint density at radius 3 is 2.92 bits per heavy atom. The summed E-state index contributed by atoms with van der Waals surface area (Å²) in [6.45, 7) is 1.78. The van der Waals surface area contributed by atoms with Gasteiger partial charge in [-0.25, -0.2) is 9.37 Å². The number of benzene rings is 1. The van der Waals surface area contributed by atoms with Crippen LogP contribution in [0.3, 0.4) is 0 Å². The first kappa shape index (κ1) is 15.5. The van der Waals surface area contributed by atoms with E-state index in [4.69, 9.17) is 0 Å². The molecule has 7 heteroatoms. The second-order valence-corrected chi connectivity index (χ2v) is 6.62. The number of hydrogen-bond donors (Lipinski definition) is 1. The maximum Gasteiger partial charge on any atom is 0.266 e. The van der Waals surface area contributed by atoms with Crippen molar-refractivity contribution in [2.75, 3.05) is 5.32 Å². The first-order valence-electron chi connectivity index (χ1n) is 7.51. The van der Waals surface area contributed by atoms with Crippen LogP contribution in [0.1, 0.15) is 15.2 Å². The number of halogens is 1. The van der Waals surface area contributed by atoms with Gasteiger partial charge in [0.2, 0.25) is 0 Å². The number of nitrogens with one attached hydrogen (secondary N) is 1. The summed E-state index contributed by atoms with van der Waals surface area (Å²) in [5, 5.41) is 3.07. The highest BCUT2D eigenvalue weighted by molar-refractivity contribution is 7.20. The van der Waals surface area contributed by atoms with Gasteiger partial charge in [0.1, 0.15) is 16.3 Å². The largest absolute Gasteiger partial charge is 0.321 e. The molecule has 0 saturated heterocycles. The van der Waals surface area contributed by atoms with Crippen LogP contribution in [0.25, 0.3) is 15.9 Å². The number of aryl methyl sites for hydroxylation is 1. The van der Waals surface area contributed by atoms with Gasteiger partial charge in [0.15, 0.2) is 0 Å². The third-order valence-corrected chi connectivity index (χ3v) is 4.92. The Labute approximate surface area is 145 Å². The monoisotopic (exact) mass is 353 g/mol. The molecule has 0 fully saturated rings. The minimum absolute atomic E-state index is 0.224. The van der Waals surface area contributed by atoms with Crippen LogP contribution in [0.2, 0.25) is 0 Å². The molecule has 4 aromatic rings. The van der Waals surface area contributed by atoms with E-state index in [9.17, 15) is 14.0 Å². The SMILES string of the molecule is Cc1ccc(F)cc1NC(=O)c1cc2c(=O)n3ccccc3nc2s1. The predicted molar refractivity (Wildman–Crippen MR) is 95.9 cm³/mol. The molecule has 3 aromatic heterocycles. The van der Waals surface area contributed by atoms with Gasteiger partial charge in [-0.05, 0) is 42.8 Å². The Morgan fingerprint density at radius 2 is 2.08 bits per heavy atom. The molecule has 124 valence electrons. The first-order valence-corrected chi connectivity index (χ1v) is 8.33. The second-order valence-electron chi connectivity index (χ2n) is 5.59. The molecule has 0 unspecified atom stereocenters. The van der Waals surface area contributed by atoms with Crippen LogP contribution in [0.5, 0.6) is 0 Å². The average molecular weight is 353 g/mol. The Morgan fingerprint density at radius 1 is 1.24 bits per heavy atom. The number of amides is 1. The lowest BCUT2D eigenvalue weighted by atomic mass is 10.2. The van der Waals surface area contributed by atoms with E-state index in [2.05, 4.69) is 10.3 Å². The van der Waals surface area contributed by atoms with E-state index in [1.165, 1.54) is 22.6 Å². The van der Waals surface area contributed by atoms with Gasteiger partial charge in [-0.3, -0.25) is 14.0 Å². The maximum atomic E-state index is 13.4. The fourth-order valence-electron chi connectivity index (χ4n) is 2.57. The normalized spacial score (nSPS) is 11.1. The lowest BCUT2D eigenvalue weighted by Crippen LogP contribution is -2.14. The van der Waals surface area contributed by atoms with E-state index >= 15 is 0 Å². The fourth-order valence-corrected chi connectivity index (χ4v) is 3.50.